The van der Waals surface area contributed by atoms with E-state index in [2.05, 4.69) is 10.2 Å². The van der Waals surface area contributed by atoms with Crippen LogP contribution < -0.4 is 5.32 Å². The predicted octanol–water partition coefficient (Wildman–Crippen LogP) is 2.95. The van der Waals surface area contributed by atoms with Gasteiger partial charge in [0.1, 0.15) is 5.82 Å². The Hall–Kier alpha value is -2.72. The summed E-state index contributed by atoms with van der Waals surface area (Å²) >= 11 is 6.46. The maximum Gasteiger partial charge on any atom is 0.258 e. The summed E-state index contributed by atoms with van der Waals surface area (Å²) < 4.78 is 18.9. The topological polar surface area (TPSA) is 85.3 Å². The summed E-state index contributed by atoms with van der Waals surface area (Å²) in [6, 6.07) is 11.7. The van der Waals surface area contributed by atoms with E-state index in [0.717, 1.165) is 31.6 Å². The zero-order valence-electron chi connectivity index (χ0n) is 21.5. The highest BCUT2D eigenvalue weighted by Crippen LogP contribution is 2.29. The molecule has 5 rings (SSSR count). The number of ether oxygens (including phenoxy) is 1. The number of amides is 2. The molecule has 3 saturated heterocycles. The summed E-state index contributed by atoms with van der Waals surface area (Å²) in [6.45, 7) is 6.55. The molecule has 0 spiro atoms. The van der Waals surface area contributed by atoms with Gasteiger partial charge in [0.15, 0.2) is 5.60 Å². The lowest BCUT2D eigenvalue weighted by Gasteiger charge is -2.48. The molecule has 3 fully saturated rings. The van der Waals surface area contributed by atoms with Crippen LogP contribution in [0.25, 0.3) is 0 Å². The molecule has 0 saturated carbocycles. The molecule has 2 aromatic rings. The zero-order chi connectivity index (χ0) is 26.9. The molecule has 8 nitrogen and oxygen atoms in total. The zero-order valence-corrected chi connectivity index (χ0v) is 22.3. The van der Waals surface area contributed by atoms with Crippen LogP contribution in [0.4, 0.5) is 10.1 Å². The first-order valence-electron chi connectivity index (χ1n) is 13.2. The smallest absolute Gasteiger partial charge is 0.258 e. The van der Waals surface area contributed by atoms with Crippen LogP contribution >= 0.6 is 11.6 Å². The van der Waals surface area contributed by atoms with Crippen molar-refractivity contribution in [2.75, 3.05) is 57.8 Å². The summed E-state index contributed by atoms with van der Waals surface area (Å²) in [6.07, 6.45) is 1.64. The normalized spacial score (nSPS) is 21.1. The number of hydrogen-bond acceptors (Lipinski definition) is 6. The number of piperidine rings is 1. The number of anilines is 1. The number of carbonyl (C=O) groups is 2. The van der Waals surface area contributed by atoms with Gasteiger partial charge in [0, 0.05) is 51.0 Å². The van der Waals surface area contributed by atoms with Gasteiger partial charge in [-0.1, -0.05) is 23.7 Å². The largest absolute Gasteiger partial charge is 0.380 e. The van der Waals surface area contributed by atoms with Crippen LogP contribution in [0.1, 0.15) is 35.7 Å². The van der Waals surface area contributed by atoms with E-state index in [0.29, 0.717) is 56.0 Å². The van der Waals surface area contributed by atoms with Gasteiger partial charge in [-0.25, -0.2) is 4.39 Å². The predicted molar refractivity (Wildman–Crippen MR) is 143 cm³/mol. The van der Waals surface area contributed by atoms with Gasteiger partial charge in [-0.05, 0) is 55.7 Å². The van der Waals surface area contributed by atoms with Crippen LogP contribution in [-0.2, 0) is 15.1 Å². The number of nitrogens with zero attached hydrogens (tertiary/aromatic N) is 3. The van der Waals surface area contributed by atoms with E-state index in [1.54, 1.807) is 21.9 Å². The number of nitrogens with one attached hydrogen (secondary N) is 1. The third kappa shape index (κ3) is 5.66. The fourth-order valence-corrected chi connectivity index (χ4v) is 5.77. The van der Waals surface area contributed by atoms with Crippen LogP contribution in [0, 0.1) is 5.82 Å². The maximum atomic E-state index is 13.6. The van der Waals surface area contributed by atoms with Gasteiger partial charge in [-0.15, -0.1) is 0 Å². The SMILES string of the molecule is C[C@@](O)(C(=O)N1CCC(N2CC(Nc3ccc(C(=O)N4CCOCC4)c(Cl)c3)C2)CC1)c1cccc(F)c1. The fourth-order valence-electron chi connectivity index (χ4n) is 5.51. The second-order valence-electron chi connectivity index (χ2n) is 10.5. The first-order valence-corrected chi connectivity index (χ1v) is 13.5. The molecule has 2 aromatic carbocycles. The van der Waals surface area contributed by atoms with Gasteiger partial charge in [0.05, 0.1) is 29.8 Å². The first kappa shape index (κ1) is 26.9. The summed E-state index contributed by atoms with van der Waals surface area (Å²) in [5.74, 6) is -0.936. The summed E-state index contributed by atoms with van der Waals surface area (Å²) in [5, 5.41) is 14.8. The van der Waals surface area contributed by atoms with Crippen molar-refractivity contribution in [1.29, 1.82) is 0 Å². The Bertz CT molecular complexity index is 1180. The lowest BCUT2D eigenvalue weighted by atomic mass is 9.92. The molecule has 0 aromatic heterocycles. The Morgan fingerprint density at radius 3 is 2.42 bits per heavy atom. The minimum atomic E-state index is -1.76. The highest BCUT2D eigenvalue weighted by molar-refractivity contribution is 6.34. The number of hydrogen-bond donors (Lipinski definition) is 2. The van der Waals surface area contributed by atoms with Crippen LogP contribution in [0.15, 0.2) is 42.5 Å². The molecule has 2 amide bonds. The quantitative estimate of drug-likeness (QED) is 0.582. The van der Waals surface area contributed by atoms with E-state index in [4.69, 9.17) is 16.3 Å². The average Bonchev–Trinajstić information content (AvgIpc) is 2.90. The highest BCUT2D eigenvalue weighted by atomic mass is 35.5. The van der Waals surface area contributed by atoms with Crippen molar-refractivity contribution >= 4 is 29.1 Å². The van der Waals surface area contributed by atoms with Crippen molar-refractivity contribution in [3.8, 4) is 0 Å². The van der Waals surface area contributed by atoms with Crippen LogP contribution in [0.2, 0.25) is 5.02 Å². The number of carbonyl (C=O) groups excluding carboxylic acids is 2. The van der Waals surface area contributed by atoms with Gasteiger partial charge >= 0.3 is 0 Å². The number of likely N-dealkylation sites (tertiary alicyclic amines) is 2. The van der Waals surface area contributed by atoms with E-state index in [1.165, 1.54) is 25.1 Å². The second kappa shape index (κ2) is 11.2. The van der Waals surface area contributed by atoms with Crippen molar-refractivity contribution < 1.29 is 23.8 Å². The van der Waals surface area contributed by atoms with Gasteiger partial charge in [-0.3, -0.25) is 14.5 Å². The third-order valence-electron chi connectivity index (χ3n) is 7.85. The lowest BCUT2D eigenvalue weighted by molar-refractivity contribution is -0.152. The van der Waals surface area contributed by atoms with Crippen molar-refractivity contribution in [1.82, 2.24) is 14.7 Å². The molecule has 204 valence electrons. The van der Waals surface area contributed by atoms with Crippen molar-refractivity contribution in [2.24, 2.45) is 0 Å². The number of aliphatic hydroxyl groups is 1. The molecule has 38 heavy (non-hydrogen) atoms. The first-order chi connectivity index (χ1) is 18.2. The molecular formula is C28H34ClFN4O4. The third-order valence-corrected chi connectivity index (χ3v) is 8.16. The highest BCUT2D eigenvalue weighted by Gasteiger charge is 2.40. The second-order valence-corrected chi connectivity index (χ2v) is 10.9. The van der Waals surface area contributed by atoms with E-state index in [-0.39, 0.29) is 17.5 Å². The Kier molecular flexibility index (Phi) is 7.90. The Morgan fingerprint density at radius 1 is 1.05 bits per heavy atom. The van der Waals surface area contributed by atoms with E-state index < -0.39 is 17.3 Å². The van der Waals surface area contributed by atoms with Crippen molar-refractivity contribution in [3.05, 3.63) is 64.4 Å². The summed E-state index contributed by atoms with van der Waals surface area (Å²) in [5.41, 5.74) is -0.102. The Labute approximate surface area is 227 Å². The van der Waals surface area contributed by atoms with E-state index in [9.17, 15) is 19.1 Å². The molecule has 3 aliphatic rings. The molecule has 3 aliphatic heterocycles. The Balaban J connectivity index is 1.09. The fraction of sp³-hybridized carbons (Fsp3) is 0.500. The number of rotatable bonds is 6. The van der Waals surface area contributed by atoms with Gasteiger partial charge in [-0.2, -0.15) is 0 Å². The Morgan fingerprint density at radius 2 is 1.76 bits per heavy atom. The molecule has 0 bridgehead atoms. The molecular weight excluding hydrogens is 511 g/mol. The minimum absolute atomic E-state index is 0.0677. The number of halogens is 2. The van der Waals surface area contributed by atoms with Crippen LogP contribution in [0.3, 0.4) is 0 Å². The molecule has 10 heteroatoms. The molecule has 3 heterocycles. The molecule has 0 radical (unpaired) electrons. The molecule has 0 unspecified atom stereocenters. The molecule has 0 aliphatic carbocycles. The van der Waals surface area contributed by atoms with Crippen molar-refractivity contribution in [2.45, 2.75) is 37.5 Å². The van der Waals surface area contributed by atoms with Crippen LogP contribution in [-0.4, -0.2) is 96.2 Å². The summed E-state index contributed by atoms with van der Waals surface area (Å²) in [7, 11) is 0. The van der Waals surface area contributed by atoms with Crippen LogP contribution in [0.5, 0.6) is 0 Å². The van der Waals surface area contributed by atoms with E-state index >= 15 is 0 Å². The maximum absolute atomic E-state index is 13.6. The van der Waals surface area contributed by atoms with Gasteiger partial charge in [0.2, 0.25) is 0 Å². The average molecular weight is 545 g/mol. The standard InChI is InChI=1S/C28H34ClFN4O4/c1-28(37,19-3-2-4-20(30)15-19)27(36)33-9-7-23(8-10-33)34-17-22(18-34)31-21-5-6-24(25(29)16-21)26(35)32-11-13-38-14-12-32/h2-6,15-16,22-23,31,37H,7-14,17-18H2,1H3/t28-/m0/s1. The number of benzene rings is 2. The van der Waals surface area contributed by atoms with Crippen molar-refractivity contribution in [3.63, 3.8) is 0 Å². The number of morpholine rings is 1. The van der Waals surface area contributed by atoms with Gasteiger partial charge in [0.25, 0.3) is 11.8 Å². The monoisotopic (exact) mass is 544 g/mol. The lowest BCUT2D eigenvalue weighted by Crippen LogP contribution is -2.61. The molecule has 1 atom stereocenters. The van der Waals surface area contributed by atoms with E-state index in [1.807, 2.05) is 12.1 Å². The molecule has 2 N–H and O–H groups in total. The minimum Gasteiger partial charge on any atom is -0.380 e. The summed E-state index contributed by atoms with van der Waals surface area (Å²) in [4.78, 5) is 31.6. The van der Waals surface area contributed by atoms with Gasteiger partial charge < -0.3 is 25.0 Å².